The molecule has 1 atom stereocenters. The van der Waals surface area contributed by atoms with Crippen LogP contribution in [0.25, 0.3) is 0 Å². The quantitative estimate of drug-likeness (QED) is 0.894. The van der Waals surface area contributed by atoms with Gasteiger partial charge in [0.05, 0.1) is 6.04 Å². The number of rotatable bonds is 4. The number of urea groups is 1. The monoisotopic (exact) mass is 293 g/mol. The van der Waals surface area contributed by atoms with E-state index >= 15 is 0 Å². The number of aryl methyl sites for hydroxylation is 1. The minimum Gasteiger partial charge on any atom is -0.357 e. The van der Waals surface area contributed by atoms with E-state index in [0.717, 1.165) is 17.7 Å². The normalized spacial score (nSPS) is 12.0. The maximum Gasteiger partial charge on any atom is 0.315 e. The lowest BCUT2D eigenvalue weighted by Crippen LogP contribution is -2.36. The Morgan fingerprint density at radius 1 is 1.29 bits per heavy atom. The van der Waals surface area contributed by atoms with E-state index in [9.17, 15) is 13.6 Å². The number of carbonyl (C=O) groups is 1. The fourth-order valence-electron chi connectivity index (χ4n) is 1.96. The zero-order chi connectivity index (χ0) is 15.4. The molecule has 0 saturated heterocycles. The Hall–Kier alpha value is -2.37. The van der Waals surface area contributed by atoms with Gasteiger partial charge in [-0.3, -0.25) is 0 Å². The first-order valence-corrected chi connectivity index (χ1v) is 6.56. The molecular weight excluding hydrogens is 276 g/mol. The summed E-state index contributed by atoms with van der Waals surface area (Å²) in [6, 6.07) is 4.69. The predicted molar refractivity (Wildman–Crippen MR) is 75.6 cm³/mol. The highest BCUT2D eigenvalue weighted by atomic mass is 19.2. The highest BCUT2D eigenvalue weighted by Gasteiger charge is 2.11. The molecule has 0 unspecified atom stereocenters. The van der Waals surface area contributed by atoms with E-state index in [4.69, 9.17) is 0 Å². The molecule has 0 aliphatic heterocycles. The van der Waals surface area contributed by atoms with Crippen LogP contribution in [-0.2, 0) is 13.6 Å². The van der Waals surface area contributed by atoms with Crippen LogP contribution >= 0.6 is 0 Å². The molecule has 0 aliphatic carbocycles. The van der Waals surface area contributed by atoms with Crippen molar-refractivity contribution in [1.82, 2.24) is 15.2 Å². The zero-order valence-electron chi connectivity index (χ0n) is 11.9. The van der Waals surface area contributed by atoms with Gasteiger partial charge in [0.1, 0.15) is 0 Å². The summed E-state index contributed by atoms with van der Waals surface area (Å²) in [5.74, 6) is -1.83. The molecule has 0 fully saturated rings. The van der Waals surface area contributed by atoms with E-state index in [1.165, 1.54) is 6.07 Å². The SMILES string of the molecule is C[C@@H](NC(=O)NCc1ccn(C)c1)c1ccc(F)c(F)c1. The van der Waals surface area contributed by atoms with Crippen LogP contribution in [0.3, 0.4) is 0 Å². The van der Waals surface area contributed by atoms with E-state index in [2.05, 4.69) is 10.6 Å². The second-order valence-corrected chi connectivity index (χ2v) is 4.91. The van der Waals surface area contributed by atoms with Gasteiger partial charge in [0.25, 0.3) is 0 Å². The first kappa shape index (κ1) is 15.0. The van der Waals surface area contributed by atoms with Crippen LogP contribution in [0.2, 0.25) is 0 Å². The fourth-order valence-corrected chi connectivity index (χ4v) is 1.96. The molecule has 1 heterocycles. The van der Waals surface area contributed by atoms with Gasteiger partial charge in [0.2, 0.25) is 0 Å². The average molecular weight is 293 g/mol. The maximum absolute atomic E-state index is 13.1. The maximum atomic E-state index is 13.1. The molecular formula is C15H17F2N3O. The minimum absolute atomic E-state index is 0.365. The van der Waals surface area contributed by atoms with Crippen molar-refractivity contribution in [3.05, 3.63) is 59.4 Å². The van der Waals surface area contributed by atoms with Gasteiger partial charge in [-0.2, -0.15) is 0 Å². The molecule has 0 bridgehead atoms. The topological polar surface area (TPSA) is 46.1 Å². The molecule has 6 heteroatoms. The van der Waals surface area contributed by atoms with Crippen LogP contribution in [0.15, 0.2) is 36.7 Å². The molecule has 2 N–H and O–H groups in total. The number of carbonyl (C=O) groups excluding carboxylic acids is 1. The van der Waals surface area contributed by atoms with Crippen molar-refractivity contribution in [3.8, 4) is 0 Å². The van der Waals surface area contributed by atoms with Crippen molar-refractivity contribution in [2.75, 3.05) is 0 Å². The lowest BCUT2D eigenvalue weighted by atomic mass is 10.1. The summed E-state index contributed by atoms with van der Waals surface area (Å²) in [6.45, 7) is 2.10. The second-order valence-electron chi connectivity index (χ2n) is 4.91. The molecule has 0 spiro atoms. The molecule has 2 amide bonds. The molecule has 0 aliphatic rings. The molecule has 1 aromatic heterocycles. The van der Waals surface area contributed by atoms with Gasteiger partial charge in [0, 0.05) is 26.0 Å². The number of amides is 2. The standard InChI is InChI=1S/C15H17F2N3O/c1-10(12-3-4-13(16)14(17)7-12)19-15(21)18-8-11-5-6-20(2)9-11/h3-7,9-10H,8H2,1-2H3,(H2,18,19,21)/t10-/m1/s1. The van der Waals surface area contributed by atoms with Crippen molar-refractivity contribution in [1.29, 1.82) is 0 Å². The third kappa shape index (κ3) is 4.05. The Balaban J connectivity index is 1.88. The van der Waals surface area contributed by atoms with Crippen LogP contribution in [0.5, 0.6) is 0 Å². The first-order chi connectivity index (χ1) is 9.95. The first-order valence-electron chi connectivity index (χ1n) is 6.56. The lowest BCUT2D eigenvalue weighted by molar-refractivity contribution is 0.237. The summed E-state index contributed by atoms with van der Waals surface area (Å²) < 4.78 is 27.9. The summed E-state index contributed by atoms with van der Waals surface area (Å²) in [7, 11) is 1.90. The van der Waals surface area contributed by atoms with Crippen LogP contribution in [-0.4, -0.2) is 10.6 Å². The zero-order valence-corrected chi connectivity index (χ0v) is 11.9. The van der Waals surface area contributed by atoms with Crippen LogP contribution in [0.4, 0.5) is 13.6 Å². The lowest BCUT2D eigenvalue weighted by Gasteiger charge is -2.15. The number of aromatic nitrogens is 1. The van der Waals surface area contributed by atoms with E-state index in [1.54, 1.807) is 6.92 Å². The Labute approximate surface area is 121 Å². The minimum atomic E-state index is -0.925. The summed E-state index contributed by atoms with van der Waals surface area (Å²) in [5.41, 5.74) is 1.48. The number of hydrogen-bond donors (Lipinski definition) is 2. The van der Waals surface area contributed by atoms with Gasteiger partial charge in [0.15, 0.2) is 11.6 Å². The van der Waals surface area contributed by atoms with Gasteiger partial charge in [-0.25, -0.2) is 13.6 Å². The van der Waals surface area contributed by atoms with Gasteiger partial charge in [-0.15, -0.1) is 0 Å². The smallest absolute Gasteiger partial charge is 0.315 e. The van der Waals surface area contributed by atoms with Gasteiger partial charge in [-0.1, -0.05) is 6.07 Å². The number of halogens is 2. The Morgan fingerprint density at radius 3 is 2.67 bits per heavy atom. The second kappa shape index (κ2) is 6.39. The summed E-state index contributed by atoms with van der Waals surface area (Å²) >= 11 is 0. The number of nitrogens with zero attached hydrogens (tertiary/aromatic N) is 1. The molecule has 2 rings (SSSR count). The molecule has 0 radical (unpaired) electrons. The van der Waals surface area contributed by atoms with E-state index in [1.807, 2.05) is 30.1 Å². The molecule has 112 valence electrons. The third-order valence-corrected chi connectivity index (χ3v) is 3.14. The van der Waals surface area contributed by atoms with Gasteiger partial charge < -0.3 is 15.2 Å². The van der Waals surface area contributed by atoms with E-state index in [-0.39, 0.29) is 6.03 Å². The molecule has 0 saturated carbocycles. The Bertz CT molecular complexity index is 640. The third-order valence-electron chi connectivity index (χ3n) is 3.14. The number of benzene rings is 1. The summed E-state index contributed by atoms with van der Waals surface area (Å²) in [4.78, 5) is 11.8. The van der Waals surface area contributed by atoms with Crippen molar-refractivity contribution in [2.45, 2.75) is 19.5 Å². The Morgan fingerprint density at radius 2 is 2.05 bits per heavy atom. The largest absolute Gasteiger partial charge is 0.357 e. The highest BCUT2D eigenvalue weighted by molar-refractivity contribution is 5.74. The fraction of sp³-hybridized carbons (Fsp3) is 0.267. The number of hydrogen-bond acceptors (Lipinski definition) is 1. The van der Waals surface area contributed by atoms with Crippen molar-refractivity contribution in [2.24, 2.45) is 7.05 Å². The Kier molecular flexibility index (Phi) is 4.57. The summed E-state index contributed by atoms with van der Waals surface area (Å²) in [6.07, 6.45) is 3.79. The van der Waals surface area contributed by atoms with Crippen LogP contribution < -0.4 is 10.6 Å². The average Bonchev–Trinajstić information content (AvgIpc) is 2.85. The van der Waals surface area contributed by atoms with Crippen molar-refractivity contribution >= 4 is 6.03 Å². The molecule has 1 aromatic carbocycles. The van der Waals surface area contributed by atoms with Gasteiger partial charge in [-0.05, 0) is 36.2 Å². The predicted octanol–water partition coefficient (Wildman–Crippen LogP) is 2.86. The van der Waals surface area contributed by atoms with Crippen molar-refractivity contribution < 1.29 is 13.6 Å². The van der Waals surface area contributed by atoms with Gasteiger partial charge >= 0.3 is 6.03 Å². The van der Waals surface area contributed by atoms with E-state index < -0.39 is 17.7 Å². The molecule has 21 heavy (non-hydrogen) atoms. The van der Waals surface area contributed by atoms with Crippen LogP contribution in [0.1, 0.15) is 24.1 Å². The van der Waals surface area contributed by atoms with Crippen molar-refractivity contribution in [3.63, 3.8) is 0 Å². The highest BCUT2D eigenvalue weighted by Crippen LogP contribution is 2.15. The summed E-state index contributed by atoms with van der Waals surface area (Å²) in [5, 5.41) is 5.38. The van der Waals surface area contributed by atoms with Crippen LogP contribution in [0, 0.1) is 11.6 Å². The molecule has 4 nitrogen and oxygen atoms in total. The number of nitrogens with one attached hydrogen (secondary N) is 2. The molecule has 2 aromatic rings. The van der Waals surface area contributed by atoms with E-state index in [0.29, 0.717) is 12.1 Å².